The maximum absolute atomic E-state index is 8.64. The Morgan fingerprint density at radius 2 is 2.06 bits per heavy atom. The minimum atomic E-state index is 0.262. The zero-order chi connectivity index (χ0) is 11.8. The van der Waals surface area contributed by atoms with E-state index in [1.165, 1.54) is 5.56 Å². The first-order valence-corrected chi connectivity index (χ1v) is 5.81. The predicted octanol–water partition coefficient (Wildman–Crippen LogP) is 2.00. The van der Waals surface area contributed by atoms with Crippen molar-refractivity contribution in [3.8, 4) is 5.75 Å². The molecule has 0 aliphatic rings. The van der Waals surface area contributed by atoms with Gasteiger partial charge in [-0.1, -0.05) is 17.7 Å². The van der Waals surface area contributed by atoms with E-state index in [2.05, 4.69) is 6.07 Å². The molecule has 0 amide bonds. The van der Waals surface area contributed by atoms with Gasteiger partial charge in [-0.25, -0.2) is 0 Å². The molecule has 0 heterocycles. The van der Waals surface area contributed by atoms with Gasteiger partial charge in [-0.15, -0.1) is 0 Å². The van der Waals surface area contributed by atoms with E-state index in [0.717, 1.165) is 30.6 Å². The third-order valence-electron chi connectivity index (χ3n) is 2.50. The van der Waals surface area contributed by atoms with Gasteiger partial charge in [0.05, 0.1) is 6.61 Å². The Hall–Kier alpha value is -1.06. The van der Waals surface area contributed by atoms with Crippen LogP contribution in [0.15, 0.2) is 18.2 Å². The highest BCUT2D eigenvalue weighted by Gasteiger charge is 2.01. The van der Waals surface area contributed by atoms with Crippen LogP contribution in [0.5, 0.6) is 5.75 Å². The first kappa shape index (κ1) is 13.0. The van der Waals surface area contributed by atoms with Crippen LogP contribution in [0.25, 0.3) is 0 Å². The summed E-state index contributed by atoms with van der Waals surface area (Å²) in [6, 6.07) is 6.06. The number of ether oxygens (including phenoxy) is 1. The van der Waals surface area contributed by atoms with Crippen molar-refractivity contribution in [2.24, 2.45) is 5.73 Å². The van der Waals surface area contributed by atoms with Crippen LogP contribution in [0.1, 0.15) is 30.4 Å². The number of benzene rings is 1. The fourth-order valence-electron chi connectivity index (χ4n) is 1.58. The summed E-state index contributed by atoms with van der Waals surface area (Å²) in [7, 11) is 0. The SMILES string of the molecule is Cc1ccc(OCCCCCO)c(CN)c1. The molecule has 0 aliphatic heterocycles. The van der Waals surface area contributed by atoms with Gasteiger partial charge in [0, 0.05) is 18.7 Å². The molecular formula is C13H21NO2. The smallest absolute Gasteiger partial charge is 0.123 e. The van der Waals surface area contributed by atoms with Crippen LogP contribution in [0.2, 0.25) is 0 Å². The molecule has 0 aliphatic carbocycles. The molecule has 1 rings (SSSR count). The van der Waals surface area contributed by atoms with E-state index >= 15 is 0 Å². The molecule has 0 unspecified atom stereocenters. The average Bonchev–Trinajstić information content (AvgIpc) is 2.30. The topological polar surface area (TPSA) is 55.5 Å². The summed E-state index contributed by atoms with van der Waals surface area (Å²) in [5.41, 5.74) is 7.92. The Kier molecular flexibility index (Phi) is 5.90. The summed E-state index contributed by atoms with van der Waals surface area (Å²) in [5.74, 6) is 0.886. The van der Waals surface area contributed by atoms with Gasteiger partial charge in [-0.3, -0.25) is 0 Å². The molecule has 1 aromatic rings. The van der Waals surface area contributed by atoms with Crippen molar-refractivity contribution in [1.82, 2.24) is 0 Å². The van der Waals surface area contributed by atoms with Crippen molar-refractivity contribution in [2.75, 3.05) is 13.2 Å². The van der Waals surface area contributed by atoms with Gasteiger partial charge in [0.15, 0.2) is 0 Å². The van der Waals surface area contributed by atoms with Gasteiger partial charge in [0.1, 0.15) is 5.75 Å². The molecule has 3 nitrogen and oxygen atoms in total. The Bertz CT molecular complexity index is 313. The minimum Gasteiger partial charge on any atom is -0.493 e. The monoisotopic (exact) mass is 223 g/mol. The fourth-order valence-corrected chi connectivity index (χ4v) is 1.58. The second kappa shape index (κ2) is 7.25. The number of aliphatic hydroxyl groups excluding tert-OH is 1. The van der Waals surface area contributed by atoms with Crippen LogP contribution in [0.3, 0.4) is 0 Å². The number of rotatable bonds is 7. The molecule has 0 atom stereocenters. The maximum Gasteiger partial charge on any atom is 0.123 e. The molecule has 0 spiro atoms. The highest BCUT2D eigenvalue weighted by molar-refractivity contribution is 5.36. The number of hydrogen-bond acceptors (Lipinski definition) is 3. The zero-order valence-corrected chi connectivity index (χ0v) is 9.91. The molecule has 0 fully saturated rings. The van der Waals surface area contributed by atoms with Crippen molar-refractivity contribution in [1.29, 1.82) is 0 Å². The van der Waals surface area contributed by atoms with Crippen molar-refractivity contribution in [2.45, 2.75) is 32.7 Å². The van der Waals surface area contributed by atoms with Crippen molar-refractivity contribution in [3.05, 3.63) is 29.3 Å². The first-order valence-electron chi connectivity index (χ1n) is 5.81. The normalized spacial score (nSPS) is 10.4. The molecule has 1 aromatic carbocycles. The van der Waals surface area contributed by atoms with Crippen LogP contribution >= 0.6 is 0 Å². The largest absolute Gasteiger partial charge is 0.493 e. The highest BCUT2D eigenvalue weighted by atomic mass is 16.5. The zero-order valence-electron chi connectivity index (χ0n) is 9.91. The Morgan fingerprint density at radius 1 is 1.25 bits per heavy atom. The van der Waals surface area contributed by atoms with E-state index in [1.54, 1.807) is 0 Å². The molecule has 0 saturated heterocycles. The van der Waals surface area contributed by atoms with Crippen molar-refractivity contribution >= 4 is 0 Å². The van der Waals surface area contributed by atoms with Crippen LogP contribution in [0, 0.1) is 6.92 Å². The predicted molar refractivity (Wildman–Crippen MR) is 65.5 cm³/mol. The summed E-state index contributed by atoms with van der Waals surface area (Å²) in [4.78, 5) is 0. The lowest BCUT2D eigenvalue weighted by Gasteiger charge is -2.10. The first-order chi connectivity index (χ1) is 7.77. The molecule has 0 bridgehead atoms. The van der Waals surface area contributed by atoms with Gasteiger partial charge in [0.2, 0.25) is 0 Å². The summed E-state index contributed by atoms with van der Waals surface area (Å²) in [6.07, 6.45) is 2.82. The summed E-state index contributed by atoms with van der Waals surface area (Å²) >= 11 is 0. The Balaban J connectivity index is 2.41. The van der Waals surface area contributed by atoms with Gasteiger partial charge >= 0.3 is 0 Å². The van der Waals surface area contributed by atoms with E-state index in [0.29, 0.717) is 13.2 Å². The number of unbranched alkanes of at least 4 members (excludes halogenated alkanes) is 2. The van der Waals surface area contributed by atoms with Gasteiger partial charge in [0.25, 0.3) is 0 Å². The number of hydrogen-bond donors (Lipinski definition) is 2. The molecule has 0 radical (unpaired) electrons. The van der Waals surface area contributed by atoms with Crippen LogP contribution in [-0.4, -0.2) is 18.3 Å². The standard InChI is InChI=1S/C13H21NO2/c1-11-5-6-13(12(9-11)10-14)16-8-4-2-3-7-15/h5-6,9,15H,2-4,7-8,10,14H2,1H3. The number of nitrogens with two attached hydrogens (primary N) is 1. The highest BCUT2D eigenvalue weighted by Crippen LogP contribution is 2.19. The maximum atomic E-state index is 8.64. The second-order valence-electron chi connectivity index (χ2n) is 3.95. The average molecular weight is 223 g/mol. The lowest BCUT2D eigenvalue weighted by atomic mass is 10.1. The molecular weight excluding hydrogens is 202 g/mol. The quantitative estimate of drug-likeness (QED) is 0.695. The fraction of sp³-hybridized carbons (Fsp3) is 0.538. The minimum absolute atomic E-state index is 0.262. The van der Waals surface area contributed by atoms with E-state index in [-0.39, 0.29) is 6.61 Å². The lowest BCUT2D eigenvalue weighted by molar-refractivity contribution is 0.265. The molecule has 16 heavy (non-hydrogen) atoms. The van der Waals surface area contributed by atoms with Crippen LogP contribution in [0.4, 0.5) is 0 Å². The summed E-state index contributed by atoms with van der Waals surface area (Å²) in [5, 5.41) is 8.64. The number of aryl methyl sites for hydroxylation is 1. The molecule has 0 aromatic heterocycles. The Labute approximate surface area is 97.2 Å². The van der Waals surface area contributed by atoms with Gasteiger partial charge in [-0.2, -0.15) is 0 Å². The third-order valence-corrected chi connectivity index (χ3v) is 2.50. The van der Waals surface area contributed by atoms with Crippen LogP contribution in [-0.2, 0) is 6.54 Å². The molecule has 0 saturated carbocycles. The Morgan fingerprint density at radius 3 is 2.75 bits per heavy atom. The van der Waals surface area contributed by atoms with Gasteiger partial charge in [-0.05, 0) is 32.3 Å². The summed E-state index contributed by atoms with van der Waals surface area (Å²) < 4.78 is 5.67. The molecule has 3 N–H and O–H groups in total. The van der Waals surface area contributed by atoms with E-state index in [1.807, 2.05) is 19.1 Å². The van der Waals surface area contributed by atoms with Crippen molar-refractivity contribution < 1.29 is 9.84 Å². The van der Waals surface area contributed by atoms with E-state index in [9.17, 15) is 0 Å². The van der Waals surface area contributed by atoms with E-state index < -0.39 is 0 Å². The molecule has 3 heteroatoms. The van der Waals surface area contributed by atoms with Gasteiger partial charge < -0.3 is 15.6 Å². The van der Waals surface area contributed by atoms with Crippen molar-refractivity contribution in [3.63, 3.8) is 0 Å². The molecule has 90 valence electrons. The number of aliphatic hydroxyl groups is 1. The lowest BCUT2D eigenvalue weighted by Crippen LogP contribution is -2.04. The van der Waals surface area contributed by atoms with E-state index in [4.69, 9.17) is 15.6 Å². The third kappa shape index (κ3) is 4.21. The second-order valence-corrected chi connectivity index (χ2v) is 3.95. The summed E-state index contributed by atoms with van der Waals surface area (Å²) in [6.45, 7) is 3.51. The van der Waals surface area contributed by atoms with Crippen LogP contribution < -0.4 is 10.5 Å².